The predicted octanol–water partition coefficient (Wildman–Crippen LogP) is 22.3. The second-order valence-corrected chi connectivity index (χ2v) is 20.6. The monoisotopic (exact) mass is 1100 g/mol. The molecular weight excluding hydrogens is 985 g/mol. The van der Waals surface area contributed by atoms with Crippen molar-refractivity contribution in [1.29, 1.82) is 0 Å². The van der Waals surface area contributed by atoms with Gasteiger partial charge in [-0.2, -0.15) is 0 Å². The molecule has 0 N–H and O–H groups in total. The summed E-state index contributed by atoms with van der Waals surface area (Å²) >= 11 is 0. The van der Waals surface area contributed by atoms with Gasteiger partial charge in [0.05, 0.1) is 0 Å². The highest BCUT2D eigenvalue weighted by atomic mass is 16.6. The molecule has 0 saturated heterocycles. The zero-order valence-corrected chi connectivity index (χ0v) is 51.3. The van der Waals surface area contributed by atoms with E-state index in [4.69, 9.17) is 14.2 Å². The van der Waals surface area contributed by atoms with Gasteiger partial charge in [-0.25, -0.2) is 0 Å². The van der Waals surface area contributed by atoms with Gasteiger partial charge in [-0.05, 0) is 135 Å². The first kappa shape index (κ1) is 74.8. The Morgan fingerprint density at radius 3 is 0.775 bits per heavy atom. The molecule has 448 valence electrons. The molecule has 0 rings (SSSR count). The molecule has 6 nitrogen and oxygen atoms in total. The van der Waals surface area contributed by atoms with Crippen LogP contribution in [0.5, 0.6) is 0 Å². The van der Waals surface area contributed by atoms with E-state index in [1.54, 1.807) is 0 Å². The summed E-state index contributed by atoms with van der Waals surface area (Å²) in [6, 6.07) is 0. The van der Waals surface area contributed by atoms with E-state index in [1.807, 2.05) is 0 Å². The van der Waals surface area contributed by atoms with E-state index in [2.05, 4.69) is 191 Å². The molecule has 0 bridgehead atoms. The fraction of sp³-hybridized carbons (Fsp3) is 0.581. The SMILES string of the molecule is CC/C=C\C/C=C\C/C=C\C/C=C\C/C=C\C/C=C\C/C=C\CCCCCCCCCCCC(=O)OCC(COC(=O)CCCCCCCC)OC(=O)CCCCC/C=C\C/C=C\C/C=C\C/C=C\C/C=C\C/C=C\C/C=C\CC. The minimum Gasteiger partial charge on any atom is -0.462 e. The maximum Gasteiger partial charge on any atom is 0.306 e. The van der Waals surface area contributed by atoms with Crippen LogP contribution in [0.1, 0.15) is 258 Å². The Kier molecular flexibility index (Phi) is 61.9. The number of allylic oxidation sites excluding steroid dienone is 28. The normalized spacial score (nSPS) is 13.3. The highest BCUT2D eigenvalue weighted by Gasteiger charge is 2.19. The number of hydrogen-bond acceptors (Lipinski definition) is 6. The maximum atomic E-state index is 12.8. The number of esters is 3. The van der Waals surface area contributed by atoms with Crippen molar-refractivity contribution in [2.45, 2.75) is 264 Å². The molecule has 6 heteroatoms. The highest BCUT2D eigenvalue weighted by molar-refractivity contribution is 5.71. The molecule has 0 saturated carbocycles. The van der Waals surface area contributed by atoms with Gasteiger partial charge in [-0.3, -0.25) is 14.4 Å². The molecule has 0 spiro atoms. The number of rotatable bonds is 56. The summed E-state index contributed by atoms with van der Waals surface area (Å²) in [5, 5.41) is 0. The van der Waals surface area contributed by atoms with Gasteiger partial charge in [0, 0.05) is 19.3 Å². The van der Waals surface area contributed by atoms with Crippen LogP contribution < -0.4 is 0 Å². The standard InChI is InChI=1S/C74H116O6/c1-4-7-10-13-16-18-20-22-24-26-28-30-32-34-35-36-37-38-39-41-42-44-46-48-50-52-54-56-58-61-64-67-73(76)79-70-71(69-78-72(75)66-63-60-15-12-9-6-3)80-74(77)68-65-62-59-57-55-53-51-49-47-45-43-40-33-31-29-27-25-23-21-19-17-14-11-8-5-2/h7-8,10-11,16-19,22-25,28-31,34-35,37-38,40-43,47,49,53,55,71H,4-6,9,12-15,20-21,26-27,32-33,36,39,44-46,48,50-52,54,56-70H2,1-3H3/b10-7-,11-8-,18-16-,19-17-,24-22-,25-23-,30-28-,31-29-,35-34-,38-37-,42-41-,43-40-,49-47-,55-53-. The summed E-state index contributed by atoms with van der Waals surface area (Å²) < 4.78 is 16.8. The van der Waals surface area contributed by atoms with Crippen LogP contribution in [-0.4, -0.2) is 37.2 Å². The topological polar surface area (TPSA) is 78.9 Å². The lowest BCUT2D eigenvalue weighted by molar-refractivity contribution is -0.167. The van der Waals surface area contributed by atoms with Crippen molar-refractivity contribution in [3.05, 3.63) is 170 Å². The summed E-state index contributed by atoms with van der Waals surface area (Å²) in [5.74, 6) is -0.956. The van der Waals surface area contributed by atoms with E-state index in [9.17, 15) is 14.4 Å². The van der Waals surface area contributed by atoms with E-state index in [0.717, 1.165) is 154 Å². The Morgan fingerprint density at radius 2 is 0.487 bits per heavy atom. The van der Waals surface area contributed by atoms with Crippen molar-refractivity contribution in [2.75, 3.05) is 13.2 Å². The number of ether oxygens (including phenoxy) is 3. The van der Waals surface area contributed by atoms with Crippen molar-refractivity contribution in [3.63, 3.8) is 0 Å². The third-order valence-electron chi connectivity index (χ3n) is 13.0. The van der Waals surface area contributed by atoms with Gasteiger partial charge in [0.25, 0.3) is 0 Å². The molecule has 80 heavy (non-hydrogen) atoms. The number of unbranched alkanes of at least 4 members (excludes halogenated alkanes) is 17. The van der Waals surface area contributed by atoms with E-state index >= 15 is 0 Å². The molecule has 0 aliphatic rings. The summed E-state index contributed by atoms with van der Waals surface area (Å²) in [6.07, 6.45) is 98.2. The van der Waals surface area contributed by atoms with Crippen molar-refractivity contribution >= 4 is 17.9 Å². The van der Waals surface area contributed by atoms with Gasteiger partial charge < -0.3 is 14.2 Å². The van der Waals surface area contributed by atoms with Crippen molar-refractivity contribution in [1.82, 2.24) is 0 Å². The van der Waals surface area contributed by atoms with Crippen LogP contribution in [0.2, 0.25) is 0 Å². The van der Waals surface area contributed by atoms with E-state index < -0.39 is 6.10 Å². The molecule has 1 atom stereocenters. The van der Waals surface area contributed by atoms with E-state index in [-0.39, 0.29) is 37.5 Å². The first-order valence-electron chi connectivity index (χ1n) is 32.1. The minimum absolute atomic E-state index is 0.100. The Morgan fingerprint density at radius 1 is 0.263 bits per heavy atom. The minimum atomic E-state index is -0.804. The molecule has 0 radical (unpaired) electrons. The Labute approximate surface area is 492 Å². The maximum absolute atomic E-state index is 12.8. The van der Waals surface area contributed by atoms with Gasteiger partial charge >= 0.3 is 17.9 Å². The lowest BCUT2D eigenvalue weighted by atomic mass is 10.1. The summed E-state index contributed by atoms with van der Waals surface area (Å²) in [7, 11) is 0. The molecule has 0 aliphatic carbocycles. The smallest absolute Gasteiger partial charge is 0.306 e. The molecule has 0 heterocycles. The van der Waals surface area contributed by atoms with Crippen LogP contribution in [-0.2, 0) is 28.6 Å². The van der Waals surface area contributed by atoms with Crippen LogP contribution in [0, 0.1) is 0 Å². The Bertz CT molecular complexity index is 1840. The average Bonchev–Trinajstić information content (AvgIpc) is 3.46. The molecule has 0 fully saturated rings. The third kappa shape index (κ3) is 63.6. The lowest BCUT2D eigenvalue weighted by Gasteiger charge is -2.18. The van der Waals surface area contributed by atoms with Crippen LogP contribution in [0.25, 0.3) is 0 Å². The number of carbonyl (C=O) groups excluding carboxylic acids is 3. The molecular formula is C74H116O6. The largest absolute Gasteiger partial charge is 0.462 e. The molecule has 0 aromatic carbocycles. The molecule has 0 aromatic rings. The van der Waals surface area contributed by atoms with Crippen molar-refractivity contribution in [2.24, 2.45) is 0 Å². The fourth-order valence-electron chi connectivity index (χ4n) is 8.23. The Balaban J connectivity index is 4.21. The van der Waals surface area contributed by atoms with Gasteiger partial charge in [0.2, 0.25) is 0 Å². The molecule has 0 aliphatic heterocycles. The predicted molar refractivity (Wildman–Crippen MR) is 348 cm³/mol. The van der Waals surface area contributed by atoms with Crippen LogP contribution in [0.15, 0.2) is 170 Å². The molecule has 0 amide bonds. The Hall–Kier alpha value is -5.23. The van der Waals surface area contributed by atoms with Crippen molar-refractivity contribution in [3.8, 4) is 0 Å². The van der Waals surface area contributed by atoms with Gasteiger partial charge in [-0.15, -0.1) is 0 Å². The second kappa shape index (κ2) is 66.3. The van der Waals surface area contributed by atoms with E-state index in [1.165, 1.54) is 57.8 Å². The molecule has 1 unspecified atom stereocenters. The zero-order valence-electron chi connectivity index (χ0n) is 51.3. The van der Waals surface area contributed by atoms with Crippen LogP contribution >= 0.6 is 0 Å². The third-order valence-corrected chi connectivity index (χ3v) is 13.0. The van der Waals surface area contributed by atoms with Gasteiger partial charge in [0.1, 0.15) is 13.2 Å². The number of carbonyl (C=O) groups is 3. The van der Waals surface area contributed by atoms with Crippen molar-refractivity contribution < 1.29 is 28.6 Å². The lowest BCUT2D eigenvalue weighted by Crippen LogP contribution is -2.30. The summed E-state index contributed by atoms with van der Waals surface area (Å²) in [6.45, 7) is 6.31. The summed E-state index contributed by atoms with van der Waals surface area (Å²) in [5.41, 5.74) is 0. The zero-order chi connectivity index (χ0) is 57.8. The van der Waals surface area contributed by atoms with Crippen LogP contribution in [0.4, 0.5) is 0 Å². The second-order valence-electron chi connectivity index (χ2n) is 20.6. The fourth-order valence-corrected chi connectivity index (χ4v) is 8.23. The first-order chi connectivity index (χ1) is 39.5. The first-order valence-corrected chi connectivity index (χ1v) is 32.1. The van der Waals surface area contributed by atoms with Gasteiger partial charge in [0.15, 0.2) is 6.10 Å². The summed E-state index contributed by atoms with van der Waals surface area (Å²) in [4.78, 5) is 38.0. The van der Waals surface area contributed by atoms with E-state index in [0.29, 0.717) is 19.3 Å². The number of hydrogen-bond donors (Lipinski definition) is 0. The average molecular weight is 1100 g/mol. The molecule has 0 aromatic heterocycles. The van der Waals surface area contributed by atoms with Gasteiger partial charge in [-0.1, -0.05) is 274 Å². The van der Waals surface area contributed by atoms with Crippen LogP contribution in [0.3, 0.4) is 0 Å². The highest BCUT2D eigenvalue weighted by Crippen LogP contribution is 2.14. The quantitative estimate of drug-likeness (QED) is 0.0261.